The molecule has 2 unspecified atom stereocenters. The molecule has 0 amide bonds. The number of carbonyl (C=O) groups excluding carboxylic acids is 2. The highest BCUT2D eigenvalue weighted by Crippen LogP contribution is 2.43. The molecule has 10 heteroatoms. The monoisotopic (exact) mass is 1250 g/mol. The molecule has 0 aromatic carbocycles. The standard InChI is InChI=1S/C78H142NO8P/c1-6-8-10-12-14-16-18-20-22-24-26-28-30-32-34-36-38-39-41-43-45-47-49-51-53-55-57-59-61-63-65-67-69-71-78(81)87-76(75-86-88(82,83)85-73-72-79(3,4)5)74-84-77(80)70-68-66-64-62-60-58-56-54-52-50-48-46-44-42-40-37-35-33-31-29-27-25-23-21-19-17-15-13-11-9-7-2/h8,10,14,16,20,22,26,28,32,34,38-39,43,45,76H,6-7,9,11-13,15,17-19,21,23-25,27,29-31,33,35-37,40-42,44,46-75H2,1-5H3/p+1/b10-8-,16-14-,22-20-,28-26-,34-32-,39-38-,45-43-. The van der Waals surface area contributed by atoms with E-state index >= 15 is 0 Å². The first-order chi connectivity index (χ1) is 43.0. The van der Waals surface area contributed by atoms with E-state index in [0.717, 1.165) is 89.9 Å². The number of quaternary nitrogens is 1. The maximum Gasteiger partial charge on any atom is 0.472 e. The Kier molecular flexibility index (Phi) is 66.4. The molecule has 0 radical (unpaired) electrons. The molecule has 0 spiro atoms. The van der Waals surface area contributed by atoms with Gasteiger partial charge >= 0.3 is 19.8 Å². The normalized spacial score (nSPS) is 13.6. The summed E-state index contributed by atoms with van der Waals surface area (Å²) in [5, 5.41) is 0. The largest absolute Gasteiger partial charge is 0.472 e. The summed E-state index contributed by atoms with van der Waals surface area (Å²) in [4.78, 5) is 35.9. The van der Waals surface area contributed by atoms with Gasteiger partial charge in [0.1, 0.15) is 19.8 Å². The number of carbonyl (C=O) groups is 2. The second-order valence-corrected chi connectivity index (χ2v) is 27.8. The number of esters is 2. The number of hydrogen-bond acceptors (Lipinski definition) is 7. The van der Waals surface area contributed by atoms with E-state index in [-0.39, 0.29) is 25.6 Å². The zero-order valence-electron chi connectivity index (χ0n) is 58.5. The fraction of sp³-hybridized carbons (Fsp3) is 0.795. The third kappa shape index (κ3) is 72.3. The van der Waals surface area contributed by atoms with Gasteiger partial charge in [-0.3, -0.25) is 18.6 Å². The minimum Gasteiger partial charge on any atom is -0.462 e. The van der Waals surface area contributed by atoms with Gasteiger partial charge in [0.2, 0.25) is 0 Å². The average molecular weight is 1250 g/mol. The molecule has 0 heterocycles. The number of nitrogens with zero attached hydrogens (tertiary/aromatic N) is 1. The Hall–Kier alpha value is -2.81. The zero-order valence-corrected chi connectivity index (χ0v) is 59.4. The highest BCUT2D eigenvalue weighted by Gasteiger charge is 2.27. The smallest absolute Gasteiger partial charge is 0.462 e. The molecule has 0 aliphatic heterocycles. The molecule has 0 aliphatic rings. The molecular formula is C78H143NO8P+. The van der Waals surface area contributed by atoms with Gasteiger partial charge in [0.25, 0.3) is 0 Å². The van der Waals surface area contributed by atoms with Gasteiger partial charge in [-0.05, 0) is 70.6 Å². The lowest BCUT2D eigenvalue weighted by Gasteiger charge is -2.24. The molecule has 0 rings (SSSR count). The highest BCUT2D eigenvalue weighted by atomic mass is 31.2. The van der Waals surface area contributed by atoms with Crippen molar-refractivity contribution in [2.24, 2.45) is 0 Å². The van der Waals surface area contributed by atoms with Crippen molar-refractivity contribution in [1.82, 2.24) is 0 Å². The molecule has 0 saturated carbocycles. The van der Waals surface area contributed by atoms with Crippen LogP contribution in [0.3, 0.4) is 0 Å². The van der Waals surface area contributed by atoms with Crippen LogP contribution in [-0.2, 0) is 32.7 Å². The van der Waals surface area contributed by atoms with Crippen LogP contribution in [0.1, 0.15) is 348 Å². The van der Waals surface area contributed by atoms with Gasteiger partial charge in [0, 0.05) is 12.8 Å². The van der Waals surface area contributed by atoms with Crippen LogP contribution >= 0.6 is 7.82 Å². The summed E-state index contributed by atoms with van der Waals surface area (Å²) in [6.45, 7) is 4.37. The maximum atomic E-state index is 12.9. The SMILES string of the molecule is CC/C=C\C/C=C\C/C=C\C/C=C\C/C=C\C/C=C\C/C=C\CCCCCCCCCCCCCC(=O)OC(COC(=O)CCCCCCCCCCCCCCCCCCCCCCCCCCCCCCCCC)COP(=O)(O)OCC[N+](C)(C)C. The number of hydrogen-bond donors (Lipinski definition) is 1. The Balaban J connectivity index is 4.01. The summed E-state index contributed by atoms with van der Waals surface area (Å²) in [6.07, 6.45) is 94.2. The summed E-state index contributed by atoms with van der Waals surface area (Å²) in [5.74, 6) is -0.788. The van der Waals surface area contributed by atoms with Gasteiger partial charge in [-0.15, -0.1) is 0 Å². The highest BCUT2D eigenvalue weighted by molar-refractivity contribution is 7.47. The molecule has 9 nitrogen and oxygen atoms in total. The Morgan fingerprint density at radius 3 is 0.966 bits per heavy atom. The molecule has 512 valence electrons. The van der Waals surface area contributed by atoms with Crippen LogP contribution < -0.4 is 0 Å². The molecule has 88 heavy (non-hydrogen) atoms. The first-order valence-corrected chi connectivity index (χ1v) is 38.8. The number of rotatable bonds is 69. The van der Waals surface area contributed by atoms with E-state index in [1.54, 1.807) is 0 Å². The summed E-state index contributed by atoms with van der Waals surface area (Å²) in [5.41, 5.74) is 0. The average Bonchev–Trinajstić information content (AvgIpc) is 3.56. The fourth-order valence-electron chi connectivity index (χ4n) is 10.8. The minimum atomic E-state index is -4.40. The van der Waals surface area contributed by atoms with Gasteiger partial charge in [-0.25, -0.2) is 4.57 Å². The minimum absolute atomic E-state index is 0.0299. The molecule has 1 N–H and O–H groups in total. The van der Waals surface area contributed by atoms with Crippen LogP contribution in [0, 0.1) is 0 Å². The van der Waals surface area contributed by atoms with Gasteiger partial charge in [0.15, 0.2) is 6.10 Å². The Labute approximate surface area is 545 Å². The zero-order chi connectivity index (χ0) is 64.1. The van der Waals surface area contributed by atoms with Crippen LogP contribution in [0.4, 0.5) is 0 Å². The summed E-state index contributed by atoms with van der Waals surface area (Å²) < 4.78 is 34.8. The summed E-state index contributed by atoms with van der Waals surface area (Å²) >= 11 is 0. The predicted octanol–water partition coefficient (Wildman–Crippen LogP) is 24.5. The van der Waals surface area contributed by atoms with Gasteiger partial charge in [-0.2, -0.15) is 0 Å². The number of phosphoric acid groups is 1. The Bertz CT molecular complexity index is 1760. The van der Waals surface area contributed by atoms with Crippen LogP contribution in [-0.4, -0.2) is 74.9 Å². The van der Waals surface area contributed by atoms with Crippen LogP contribution in [0.25, 0.3) is 0 Å². The van der Waals surface area contributed by atoms with E-state index in [1.165, 1.54) is 225 Å². The van der Waals surface area contributed by atoms with Gasteiger partial charge in [0.05, 0.1) is 27.7 Å². The Morgan fingerprint density at radius 2 is 0.648 bits per heavy atom. The van der Waals surface area contributed by atoms with E-state index in [4.69, 9.17) is 18.5 Å². The van der Waals surface area contributed by atoms with Crippen molar-refractivity contribution in [2.45, 2.75) is 354 Å². The maximum absolute atomic E-state index is 12.9. The summed E-state index contributed by atoms with van der Waals surface area (Å²) in [6, 6.07) is 0. The quantitative estimate of drug-likeness (QED) is 0.0211. The second-order valence-electron chi connectivity index (χ2n) is 26.3. The number of ether oxygens (including phenoxy) is 2. The van der Waals surface area contributed by atoms with Crippen molar-refractivity contribution in [3.63, 3.8) is 0 Å². The fourth-order valence-corrected chi connectivity index (χ4v) is 11.5. The molecule has 0 fully saturated rings. The van der Waals surface area contributed by atoms with E-state index < -0.39 is 26.5 Å². The number of phosphoric ester groups is 1. The molecule has 0 aromatic rings. The van der Waals surface area contributed by atoms with Crippen LogP contribution in [0.2, 0.25) is 0 Å². The van der Waals surface area contributed by atoms with Crippen molar-refractivity contribution in [1.29, 1.82) is 0 Å². The molecule has 0 saturated heterocycles. The lowest BCUT2D eigenvalue weighted by Crippen LogP contribution is -2.37. The molecule has 0 aromatic heterocycles. The Morgan fingerprint density at radius 1 is 0.364 bits per heavy atom. The van der Waals surface area contributed by atoms with E-state index in [1.807, 2.05) is 21.1 Å². The second kappa shape index (κ2) is 68.6. The van der Waals surface area contributed by atoms with Crippen LogP contribution in [0.5, 0.6) is 0 Å². The lowest BCUT2D eigenvalue weighted by molar-refractivity contribution is -0.870. The van der Waals surface area contributed by atoms with Gasteiger partial charge < -0.3 is 18.9 Å². The third-order valence-corrected chi connectivity index (χ3v) is 17.4. The summed E-state index contributed by atoms with van der Waals surface area (Å²) in [7, 11) is 1.48. The molecular weight excluding hydrogens is 1110 g/mol. The lowest BCUT2D eigenvalue weighted by atomic mass is 10.0. The first kappa shape index (κ1) is 85.2. The number of likely N-dealkylation sites (N-methyl/N-ethyl adjacent to an activating group) is 1. The van der Waals surface area contributed by atoms with Gasteiger partial charge in [-0.1, -0.05) is 349 Å². The number of allylic oxidation sites excluding steroid dienone is 14. The van der Waals surface area contributed by atoms with E-state index in [9.17, 15) is 19.0 Å². The molecule has 0 aliphatic carbocycles. The predicted molar refractivity (Wildman–Crippen MR) is 381 cm³/mol. The van der Waals surface area contributed by atoms with Crippen molar-refractivity contribution >= 4 is 19.8 Å². The first-order valence-electron chi connectivity index (χ1n) is 37.3. The third-order valence-electron chi connectivity index (χ3n) is 16.4. The van der Waals surface area contributed by atoms with E-state index in [2.05, 4.69) is 98.9 Å². The molecule has 2 atom stereocenters. The van der Waals surface area contributed by atoms with Crippen molar-refractivity contribution < 1.29 is 42.1 Å². The molecule has 0 bridgehead atoms. The van der Waals surface area contributed by atoms with E-state index in [0.29, 0.717) is 23.9 Å². The van der Waals surface area contributed by atoms with Crippen molar-refractivity contribution in [3.8, 4) is 0 Å². The topological polar surface area (TPSA) is 108 Å². The van der Waals surface area contributed by atoms with Crippen molar-refractivity contribution in [2.75, 3.05) is 47.5 Å². The van der Waals surface area contributed by atoms with Crippen molar-refractivity contribution in [3.05, 3.63) is 85.1 Å². The van der Waals surface area contributed by atoms with Crippen LogP contribution in [0.15, 0.2) is 85.1 Å². The number of unbranched alkanes of at least 4 members (excludes halogenated alkanes) is 41.